The highest BCUT2D eigenvalue weighted by Gasteiger charge is 2.67. The van der Waals surface area contributed by atoms with Crippen molar-refractivity contribution < 1.29 is 17.9 Å². The van der Waals surface area contributed by atoms with E-state index in [1.165, 1.54) is 12.8 Å². The third kappa shape index (κ3) is 4.30. The van der Waals surface area contributed by atoms with E-state index < -0.39 is 21.4 Å². The maximum absolute atomic E-state index is 14.2. The second-order valence-electron chi connectivity index (χ2n) is 11.1. The molecule has 0 aromatic carbocycles. The minimum atomic E-state index is -3.49. The Labute approximate surface area is 193 Å². The summed E-state index contributed by atoms with van der Waals surface area (Å²) in [6.07, 6.45) is 13.1. The van der Waals surface area contributed by atoms with Gasteiger partial charge >= 0.3 is 5.97 Å². The fourth-order valence-corrected chi connectivity index (χ4v) is 10.4. The van der Waals surface area contributed by atoms with E-state index >= 15 is 0 Å². The summed E-state index contributed by atoms with van der Waals surface area (Å²) in [5, 5.41) is 0. The predicted molar refractivity (Wildman–Crippen MR) is 124 cm³/mol. The van der Waals surface area contributed by atoms with E-state index in [1.54, 1.807) is 0 Å². The van der Waals surface area contributed by atoms with E-state index in [2.05, 4.69) is 13.8 Å². The summed E-state index contributed by atoms with van der Waals surface area (Å²) in [7, 11) is -3.49. The molecular formula is C24H40ClNO4S. The molecule has 4 fully saturated rings. The normalized spacial score (nSPS) is 34.3. The number of nitrogens with zero attached hydrogens (tertiary/aromatic N) is 1. The minimum Gasteiger partial charge on any atom is -0.461 e. The molecule has 0 amide bonds. The molecule has 0 aromatic rings. The van der Waals surface area contributed by atoms with E-state index in [4.69, 9.17) is 16.3 Å². The van der Waals surface area contributed by atoms with Gasteiger partial charge in [0.15, 0.2) is 0 Å². The van der Waals surface area contributed by atoms with Crippen LogP contribution in [0.1, 0.15) is 97.3 Å². The molecule has 4 aliphatic rings. The number of alkyl halides is 1. The van der Waals surface area contributed by atoms with Gasteiger partial charge in [0.2, 0.25) is 10.0 Å². The number of hydrogen-bond acceptors (Lipinski definition) is 4. The Balaban J connectivity index is 1.65. The Hall–Kier alpha value is -0.330. The third-order valence-electron chi connectivity index (χ3n) is 9.37. The van der Waals surface area contributed by atoms with Crippen LogP contribution in [-0.4, -0.2) is 48.5 Å². The standard InChI is InChI=1S/C24H40ClNO4S/c1-23(2)18-13-14-24(23,21(15-18)30-22(27)16-25)17-31(28,29)26(19-9-5-3-6-10-19)20-11-7-4-8-12-20/h18-21H,3-17H2,1-2H3/t18-,21-,24-/m1/s1. The van der Waals surface area contributed by atoms with Crippen molar-refractivity contribution in [2.24, 2.45) is 16.7 Å². The Morgan fingerprint density at radius 1 is 0.968 bits per heavy atom. The first-order valence-corrected chi connectivity index (χ1v) is 14.6. The molecule has 31 heavy (non-hydrogen) atoms. The molecule has 0 aromatic heterocycles. The second-order valence-corrected chi connectivity index (χ2v) is 13.3. The van der Waals surface area contributed by atoms with Crippen LogP contribution >= 0.6 is 11.6 Å². The molecule has 4 saturated carbocycles. The van der Waals surface area contributed by atoms with E-state index in [1.807, 2.05) is 4.31 Å². The molecule has 0 N–H and O–H groups in total. The molecule has 4 rings (SSSR count). The maximum Gasteiger partial charge on any atom is 0.321 e. The summed E-state index contributed by atoms with van der Waals surface area (Å²) in [5.41, 5.74) is -0.679. The Morgan fingerprint density at radius 2 is 1.52 bits per heavy atom. The quantitative estimate of drug-likeness (QED) is 0.373. The van der Waals surface area contributed by atoms with Gasteiger partial charge in [0.05, 0.1) is 5.75 Å². The van der Waals surface area contributed by atoms with Gasteiger partial charge in [-0.2, -0.15) is 4.31 Å². The first-order valence-electron chi connectivity index (χ1n) is 12.5. The molecule has 0 unspecified atom stereocenters. The number of esters is 1. The zero-order valence-electron chi connectivity index (χ0n) is 19.3. The van der Waals surface area contributed by atoms with Gasteiger partial charge in [-0.05, 0) is 56.3 Å². The van der Waals surface area contributed by atoms with Crippen LogP contribution in [0.15, 0.2) is 0 Å². The average molecular weight is 474 g/mol. The van der Waals surface area contributed by atoms with Crippen molar-refractivity contribution in [3.05, 3.63) is 0 Å². The number of sulfonamides is 1. The largest absolute Gasteiger partial charge is 0.461 e. The molecule has 0 radical (unpaired) electrons. The van der Waals surface area contributed by atoms with Crippen LogP contribution in [0.3, 0.4) is 0 Å². The van der Waals surface area contributed by atoms with Gasteiger partial charge < -0.3 is 4.74 Å². The Kier molecular flexibility index (Phi) is 7.02. The number of carbonyl (C=O) groups is 1. The second kappa shape index (κ2) is 9.13. The monoisotopic (exact) mass is 473 g/mol. The highest BCUT2D eigenvalue weighted by molar-refractivity contribution is 7.89. The van der Waals surface area contributed by atoms with Crippen LogP contribution in [0.5, 0.6) is 0 Å². The van der Waals surface area contributed by atoms with Crippen LogP contribution in [0.25, 0.3) is 0 Å². The van der Waals surface area contributed by atoms with E-state index in [-0.39, 0.29) is 35.2 Å². The first kappa shape index (κ1) is 23.8. The lowest BCUT2D eigenvalue weighted by Crippen LogP contribution is -2.54. The topological polar surface area (TPSA) is 63.7 Å². The molecule has 0 spiro atoms. The summed E-state index contributed by atoms with van der Waals surface area (Å²) in [5.74, 6) is -0.103. The van der Waals surface area contributed by atoms with Gasteiger partial charge in [-0.15, -0.1) is 11.6 Å². The van der Waals surface area contributed by atoms with Crippen molar-refractivity contribution in [3.63, 3.8) is 0 Å². The van der Waals surface area contributed by atoms with Gasteiger partial charge in [-0.3, -0.25) is 4.79 Å². The van der Waals surface area contributed by atoms with Gasteiger partial charge in [-0.25, -0.2) is 8.42 Å². The van der Waals surface area contributed by atoms with Crippen molar-refractivity contribution in [1.29, 1.82) is 0 Å². The van der Waals surface area contributed by atoms with E-state index in [9.17, 15) is 13.2 Å². The van der Waals surface area contributed by atoms with Crippen LogP contribution in [-0.2, 0) is 19.6 Å². The van der Waals surface area contributed by atoms with Gasteiger partial charge in [0.25, 0.3) is 0 Å². The van der Waals surface area contributed by atoms with Crippen LogP contribution in [0, 0.1) is 16.7 Å². The zero-order valence-corrected chi connectivity index (χ0v) is 20.9. The average Bonchev–Trinajstić information content (AvgIpc) is 3.09. The van der Waals surface area contributed by atoms with Crippen molar-refractivity contribution in [1.82, 2.24) is 4.31 Å². The first-order chi connectivity index (χ1) is 14.7. The van der Waals surface area contributed by atoms with Crippen LogP contribution in [0.2, 0.25) is 0 Å². The lowest BCUT2D eigenvalue weighted by molar-refractivity contribution is -0.153. The minimum absolute atomic E-state index is 0.108. The summed E-state index contributed by atoms with van der Waals surface area (Å²) >= 11 is 5.73. The van der Waals surface area contributed by atoms with Gasteiger partial charge in [0.1, 0.15) is 12.0 Å². The number of rotatable bonds is 7. The Bertz CT molecular complexity index is 740. The van der Waals surface area contributed by atoms with Crippen molar-refractivity contribution in [2.75, 3.05) is 11.6 Å². The molecule has 3 atom stereocenters. The lowest BCUT2D eigenvalue weighted by Gasteiger charge is -2.46. The van der Waals surface area contributed by atoms with Crippen LogP contribution in [0.4, 0.5) is 0 Å². The van der Waals surface area contributed by atoms with Crippen molar-refractivity contribution in [3.8, 4) is 0 Å². The van der Waals surface area contributed by atoms with E-state index in [0.29, 0.717) is 5.92 Å². The van der Waals surface area contributed by atoms with Crippen molar-refractivity contribution in [2.45, 2.75) is 116 Å². The molecule has 5 nitrogen and oxygen atoms in total. The SMILES string of the molecule is CC1(C)[C@@H]2CC[C@@]1(CS(=O)(=O)N(C1CCCCC1)C1CCCCC1)[C@H](OC(=O)CCl)C2. The smallest absolute Gasteiger partial charge is 0.321 e. The molecule has 4 aliphatic carbocycles. The fraction of sp³-hybridized carbons (Fsp3) is 0.958. The molecule has 0 saturated heterocycles. The molecule has 0 aliphatic heterocycles. The number of hydrogen-bond donors (Lipinski definition) is 0. The molecular weight excluding hydrogens is 434 g/mol. The fourth-order valence-electron chi connectivity index (χ4n) is 7.52. The van der Waals surface area contributed by atoms with Gasteiger partial charge in [0, 0.05) is 17.5 Å². The maximum atomic E-state index is 14.2. The molecule has 178 valence electrons. The summed E-state index contributed by atoms with van der Waals surface area (Å²) in [4.78, 5) is 12.1. The zero-order chi connectivity index (χ0) is 22.3. The Morgan fingerprint density at radius 3 is 2.00 bits per heavy atom. The highest BCUT2D eigenvalue weighted by Crippen LogP contribution is 2.67. The number of ether oxygens (including phenoxy) is 1. The highest BCUT2D eigenvalue weighted by atomic mass is 35.5. The van der Waals surface area contributed by atoms with Crippen molar-refractivity contribution >= 4 is 27.6 Å². The lowest BCUT2D eigenvalue weighted by atomic mass is 9.69. The number of carbonyl (C=O) groups excluding carboxylic acids is 1. The summed E-state index contributed by atoms with van der Waals surface area (Å²) in [6, 6.07) is 0.285. The predicted octanol–water partition coefficient (Wildman–Crippen LogP) is 5.26. The third-order valence-corrected chi connectivity index (χ3v) is 11.7. The number of fused-ring (bicyclic) bond motifs is 2. The molecule has 0 heterocycles. The van der Waals surface area contributed by atoms with E-state index in [0.717, 1.165) is 70.6 Å². The summed E-state index contributed by atoms with van der Waals surface area (Å²) in [6.45, 7) is 4.39. The molecule has 2 bridgehead atoms. The van der Waals surface area contributed by atoms with Crippen LogP contribution < -0.4 is 0 Å². The summed E-state index contributed by atoms with van der Waals surface area (Å²) < 4.78 is 36.2. The molecule has 7 heteroatoms. The number of halogens is 1. The van der Waals surface area contributed by atoms with Gasteiger partial charge in [-0.1, -0.05) is 52.4 Å².